The molecule has 1 amide bonds. The van der Waals surface area contributed by atoms with Crippen molar-refractivity contribution in [2.24, 2.45) is 0 Å². The molecule has 0 atom stereocenters. The molecule has 0 spiro atoms. The lowest BCUT2D eigenvalue weighted by molar-refractivity contribution is -0.384. The fourth-order valence-corrected chi connectivity index (χ4v) is 2.40. The molecule has 0 aliphatic rings. The van der Waals surface area contributed by atoms with Gasteiger partial charge < -0.3 is 10.2 Å². The van der Waals surface area contributed by atoms with E-state index < -0.39 is 0 Å². The highest BCUT2D eigenvalue weighted by Crippen LogP contribution is 2.38. The Morgan fingerprint density at radius 1 is 1.35 bits per heavy atom. The van der Waals surface area contributed by atoms with E-state index in [2.05, 4.69) is 5.32 Å². The van der Waals surface area contributed by atoms with Crippen molar-refractivity contribution in [2.45, 2.75) is 34.6 Å². The van der Waals surface area contributed by atoms with E-state index >= 15 is 0 Å². The highest BCUT2D eigenvalue weighted by Gasteiger charge is 2.24. The lowest BCUT2D eigenvalue weighted by Crippen LogP contribution is -2.24. The molecular weight excluding hydrogens is 258 g/mol. The van der Waals surface area contributed by atoms with Crippen LogP contribution in [0, 0.1) is 24.0 Å². The van der Waals surface area contributed by atoms with Gasteiger partial charge in [-0.15, -0.1) is 0 Å². The summed E-state index contributed by atoms with van der Waals surface area (Å²) < 4.78 is 0. The van der Waals surface area contributed by atoms with Crippen molar-refractivity contribution in [3.63, 3.8) is 0 Å². The summed E-state index contributed by atoms with van der Waals surface area (Å²) in [7, 11) is 0. The van der Waals surface area contributed by atoms with Gasteiger partial charge in [-0.2, -0.15) is 0 Å². The van der Waals surface area contributed by atoms with E-state index in [4.69, 9.17) is 0 Å². The van der Waals surface area contributed by atoms with E-state index in [0.29, 0.717) is 30.0 Å². The molecule has 0 saturated carbocycles. The van der Waals surface area contributed by atoms with Crippen molar-refractivity contribution in [3.8, 4) is 0 Å². The van der Waals surface area contributed by atoms with Crippen molar-refractivity contribution >= 4 is 23.0 Å². The van der Waals surface area contributed by atoms with Crippen molar-refractivity contribution in [3.05, 3.63) is 27.3 Å². The zero-order valence-electron chi connectivity index (χ0n) is 12.6. The van der Waals surface area contributed by atoms with Crippen LogP contribution in [0.3, 0.4) is 0 Å². The Morgan fingerprint density at radius 3 is 2.30 bits per heavy atom. The second kappa shape index (κ2) is 6.36. The highest BCUT2D eigenvalue weighted by atomic mass is 16.6. The molecule has 110 valence electrons. The molecule has 1 N–H and O–H groups in total. The van der Waals surface area contributed by atoms with Gasteiger partial charge in [0.15, 0.2) is 0 Å². The predicted octanol–water partition coefficient (Wildman–Crippen LogP) is 3.02. The molecule has 1 aromatic carbocycles. The van der Waals surface area contributed by atoms with Gasteiger partial charge in [-0.05, 0) is 33.3 Å². The van der Waals surface area contributed by atoms with E-state index in [1.807, 2.05) is 18.7 Å². The summed E-state index contributed by atoms with van der Waals surface area (Å²) in [6, 6.07) is 1.52. The lowest BCUT2D eigenvalue weighted by atomic mass is 10.0. The Kier molecular flexibility index (Phi) is 5.07. The van der Waals surface area contributed by atoms with Gasteiger partial charge in [0.1, 0.15) is 5.69 Å². The maximum absolute atomic E-state index is 11.3. The normalized spacial score (nSPS) is 10.2. The zero-order valence-corrected chi connectivity index (χ0v) is 12.6. The number of rotatable bonds is 5. The molecular formula is C14H21N3O3. The molecule has 1 aromatic rings. The van der Waals surface area contributed by atoms with E-state index in [-0.39, 0.29) is 16.5 Å². The molecule has 0 heterocycles. The van der Waals surface area contributed by atoms with Crippen LogP contribution >= 0.6 is 0 Å². The average molecular weight is 279 g/mol. The number of hydrogen-bond acceptors (Lipinski definition) is 4. The number of nitro groups is 1. The molecule has 0 aliphatic heterocycles. The fourth-order valence-electron chi connectivity index (χ4n) is 2.40. The van der Waals surface area contributed by atoms with Gasteiger partial charge >= 0.3 is 0 Å². The van der Waals surface area contributed by atoms with Gasteiger partial charge in [-0.25, -0.2) is 0 Å². The van der Waals surface area contributed by atoms with Crippen LogP contribution in [-0.4, -0.2) is 23.9 Å². The summed E-state index contributed by atoms with van der Waals surface area (Å²) in [6.45, 7) is 10.2. The summed E-state index contributed by atoms with van der Waals surface area (Å²) >= 11 is 0. The van der Waals surface area contributed by atoms with Gasteiger partial charge in [-0.3, -0.25) is 14.9 Å². The van der Waals surface area contributed by atoms with Crippen LogP contribution in [0.5, 0.6) is 0 Å². The first-order valence-electron chi connectivity index (χ1n) is 6.64. The van der Waals surface area contributed by atoms with Crippen LogP contribution < -0.4 is 10.2 Å². The first kappa shape index (κ1) is 15.9. The maximum atomic E-state index is 11.3. The van der Waals surface area contributed by atoms with Crippen LogP contribution in [0.1, 0.15) is 31.9 Å². The molecule has 6 heteroatoms. The minimum Gasteiger partial charge on any atom is -0.366 e. The summed E-state index contributed by atoms with van der Waals surface area (Å²) in [5, 5.41) is 14.1. The Labute approximate surface area is 118 Å². The van der Waals surface area contributed by atoms with Crippen molar-refractivity contribution in [1.82, 2.24) is 0 Å². The summed E-state index contributed by atoms with van der Waals surface area (Å²) in [5.74, 6) is -0.185. The number of carbonyl (C=O) groups is 1. The predicted molar refractivity (Wildman–Crippen MR) is 80.4 cm³/mol. The number of hydrogen-bond donors (Lipinski definition) is 1. The summed E-state index contributed by atoms with van der Waals surface area (Å²) in [5.41, 5.74) is 2.74. The molecule has 0 fully saturated rings. The Bertz CT molecular complexity index is 537. The minimum atomic E-state index is -0.370. The Balaban J connectivity index is 3.58. The Morgan fingerprint density at radius 2 is 1.90 bits per heavy atom. The standard InChI is InChI=1S/C14H21N3O3/c1-6-16(7-2)14-10(4)13(15-11(5)18)9(3)8-12(14)17(19)20/h8H,6-7H2,1-5H3,(H,15,18). The summed E-state index contributed by atoms with van der Waals surface area (Å²) in [4.78, 5) is 24.1. The quantitative estimate of drug-likeness (QED) is 0.664. The van der Waals surface area contributed by atoms with Crippen LogP contribution in [0.15, 0.2) is 6.07 Å². The molecule has 0 bridgehead atoms. The molecule has 0 aliphatic carbocycles. The van der Waals surface area contributed by atoms with Crippen LogP contribution in [-0.2, 0) is 4.79 Å². The van der Waals surface area contributed by atoms with E-state index in [9.17, 15) is 14.9 Å². The molecule has 0 saturated heterocycles. The smallest absolute Gasteiger partial charge is 0.293 e. The largest absolute Gasteiger partial charge is 0.366 e. The highest BCUT2D eigenvalue weighted by molar-refractivity contribution is 5.93. The van der Waals surface area contributed by atoms with Gasteiger partial charge in [0.25, 0.3) is 5.69 Å². The molecule has 0 aromatic heterocycles. The van der Waals surface area contributed by atoms with Gasteiger partial charge in [0.2, 0.25) is 5.91 Å². The van der Waals surface area contributed by atoms with Crippen molar-refractivity contribution < 1.29 is 9.72 Å². The number of anilines is 2. The third kappa shape index (κ3) is 3.07. The molecule has 20 heavy (non-hydrogen) atoms. The van der Waals surface area contributed by atoms with Gasteiger partial charge in [-0.1, -0.05) is 0 Å². The van der Waals surface area contributed by atoms with Crippen LogP contribution in [0.4, 0.5) is 17.1 Å². The monoisotopic (exact) mass is 279 g/mol. The second-order valence-corrected chi connectivity index (χ2v) is 4.67. The van der Waals surface area contributed by atoms with Crippen LogP contribution in [0.2, 0.25) is 0 Å². The number of nitrogens with zero attached hydrogens (tertiary/aromatic N) is 2. The molecule has 0 radical (unpaired) electrons. The van der Waals surface area contributed by atoms with Gasteiger partial charge in [0.05, 0.1) is 4.92 Å². The van der Waals surface area contributed by atoms with Gasteiger partial charge in [0, 0.05) is 37.3 Å². The minimum absolute atomic E-state index is 0.0813. The number of amides is 1. The lowest BCUT2D eigenvalue weighted by Gasteiger charge is -2.25. The zero-order chi connectivity index (χ0) is 15.4. The topological polar surface area (TPSA) is 75.5 Å². The molecule has 6 nitrogen and oxygen atoms in total. The summed E-state index contributed by atoms with van der Waals surface area (Å²) in [6.07, 6.45) is 0. The number of aryl methyl sites for hydroxylation is 1. The first-order valence-corrected chi connectivity index (χ1v) is 6.64. The molecule has 1 rings (SSSR count). The Hall–Kier alpha value is -2.11. The fraction of sp³-hybridized carbons (Fsp3) is 0.500. The number of benzene rings is 1. The number of carbonyl (C=O) groups excluding carboxylic acids is 1. The van der Waals surface area contributed by atoms with E-state index in [1.165, 1.54) is 13.0 Å². The van der Waals surface area contributed by atoms with Crippen molar-refractivity contribution in [2.75, 3.05) is 23.3 Å². The van der Waals surface area contributed by atoms with E-state index in [1.54, 1.807) is 13.8 Å². The average Bonchev–Trinajstić information content (AvgIpc) is 2.37. The first-order chi connectivity index (χ1) is 9.33. The number of nitrogens with one attached hydrogen (secondary N) is 1. The van der Waals surface area contributed by atoms with Crippen LogP contribution in [0.25, 0.3) is 0 Å². The van der Waals surface area contributed by atoms with E-state index in [0.717, 1.165) is 5.56 Å². The molecule has 0 unspecified atom stereocenters. The second-order valence-electron chi connectivity index (χ2n) is 4.67. The van der Waals surface area contributed by atoms with Crippen molar-refractivity contribution in [1.29, 1.82) is 0 Å². The maximum Gasteiger partial charge on any atom is 0.293 e. The third-order valence-electron chi connectivity index (χ3n) is 3.30. The number of nitro benzene ring substituents is 1. The SMILES string of the molecule is CCN(CC)c1c([N+](=O)[O-])cc(C)c(NC(C)=O)c1C. The third-order valence-corrected chi connectivity index (χ3v) is 3.30.